The number of para-hydroxylation sites is 1. The van der Waals surface area contributed by atoms with Gasteiger partial charge in [-0.25, -0.2) is 8.42 Å². The van der Waals surface area contributed by atoms with Crippen LogP contribution in [0.15, 0.2) is 30.3 Å². The van der Waals surface area contributed by atoms with Crippen LogP contribution in [0.1, 0.15) is 12.8 Å². The van der Waals surface area contributed by atoms with E-state index in [2.05, 4.69) is 10.6 Å². The molecule has 104 valence electrons. The van der Waals surface area contributed by atoms with Crippen molar-refractivity contribution in [3.05, 3.63) is 30.3 Å². The second kappa shape index (κ2) is 6.06. The Morgan fingerprint density at radius 2 is 2.00 bits per heavy atom. The van der Waals surface area contributed by atoms with E-state index >= 15 is 0 Å². The van der Waals surface area contributed by atoms with Crippen molar-refractivity contribution in [2.45, 2.75) is 18.9 Å². The van der Waals surface area contributed by atoms with Crippen molar-refractivity contribution in [3.63, 3.8) is 0 Å². The molecule has 1 aliphatic heterocycles. The molecule has 1 saturated heterocycles. The molecular formula is C13H18N2O3S. The second-order valence-electron chi connectivity index (χ2n) is 4.71. The van der Waals surface area contributed by atoms with Gasteiger partial charge in [0.2, 0.25) is 5.91 Å². The Morgan fingerprint density at radius 3 is 2.63 bits per heavy atom. The minimum atomic E-state index is -2.93. The molecule has 0 radical (unpaired) electrons. The van der Waals surface area contributed by atoms with Crippen LogP contribution in [0.5, 0.6) is 0 Å². The lowest BCUT2D eigenvalue weighted by atomic mass is 10.2. The molecule has 1 aromatic rings. The maximum absolute atomic E-state index is 11.7. The summed E-state index contributed by atoms with van der Waals surface area (Å²) in [5.74, 6) is 0.149. The van der Waals surface area contributed by atoms with Gasteiger partial charge in [0.1, 0.15) is 0 Å². The first kappa shape index (κ1) is 13.9. The minimum absolute atomic E-state index is 0.0743. The van der Waals surface area contributed by atoms with Crippen molar-refractivity contribution in [2.75, 3.05) is 23.4 Å². The Labute approximate surface area is 113 Å². The van der Waals surface area contributed by atoms with Crippen LogP contribution in [-0.4, -0.2) is 38.4 Å². The monoisotopic (exact) mass is 282 g/mol. The molecule has 1 heterocycles. The highest BCUT2D eigenvalue weighted by molar-refractivity contribution is 7.91. The fourth-order valence-corrected chi connectivity index (χ4v) is 3.76. The molecule has 1 fully saturated rings. The van der Waals surface area contributed by atoms with Crippen LogP contribution >= 0.6 is 0 Å². The van der Waals surface area contributed by atoms with Crippen LogP contribution in [-0.2, 0) is 14.6 Å². The number of hydrogen-bond donors (Lipinski definition) is 2. The van der Waals surface area contributed by atoms with E-state index in [0.717, 1.165) is 5.69 Å². The highest BCUT2D eigenvalue weighted by Crippen LogP contribution is 2.11. The third-order valence-electron chi connectivity index (χ3n) is 3.05. The van der Waals surface area contributed by atoms with Crippen LogP contribution in [0.4, 0.5) is 5.69 Å². The Kier molecular flexibility index (Phi) is 4.42. The molecule has 6 heteroatoms. The number of rotatable bonds is 5. The van der Waals surface area contributed by atoms with E-state index < -0.39 is 9.84 Å². The molecule has 0 aliphatic carbocycles. The Hall–Kier alpha value is -1.56. The van der Waals surface area contributed by atoms with Crippen molar-refractivity contribution in [3.8, 4) is 0 Å². The van der Waals surface area contributed by atoms with E-state index in [0.29, 0.717) is 19.4 Å². The number of amides is 1. The number of anilines is 1. The zero-order valence-electron chi connectivity index (χ0n) is 10.6. The predicted octanol–water partition coefficient (Wildman–Crippen LogP) is 0.792. The van der Waals surface area contributed by atoms with Gasteiger partial charge in [0, 0.05) is 24.7 Å². The molecule has 0 spiro atoms. The third kappa shape index (κ3) is 4.55. The van der Waals surface area contributed by atoms with Crippen LogP contribution in [0, 0.1) is 0 Å². The summed E-state index contributed by atoms with van der Waals surface area (Å²) in [4.78, 5) is 11.7. The normalized spacial score (nSPS) is 20.9. The number of benzene rings is 1. The molecular weight excluding hydrogens is 264 g/mol. The van der Waals surface area contributed by atoms with E-state index in [1.165, 1.54) is 0 Å². The summed E-state index contributed by atoms with van der Waals surface area (Å²) in [5.41, 5.74) is 0.971. The Morgan fingerprint density at radius 1 is 1.26 bits per heavy atom. The number of sulfone groups is 1. The summed E-state index contributed by atoms with van der Waals surface area (Å²) in [6, 6.07) is 9.42. The molecule has 0 bridgehead atoms. The number of hydrogen-bond acceptors (Lipinski definition) is 4. The van der Waals surface area contributed by atoms with Crippen molar-refractivity contribution in [1.82, 2.24) is 5.32 Å². The molecule has 1 aliphatic rings. The zero-order chi connectivity index (χ0) is 13.7. The lowest BCUT2D eigenvalue weighted by Gasteiger charge is -2.11. The topological polar surface area (TPSA) is 75.3 Å². The third-order valence-corrected chi connectivity index (χ3v) is 4.82. The van der Waals surface area contributed by atoms with Gasteiger partial charge in [-0.15, -0.1) is 0 Å². The van der Waals surface area contributed by atoms with Crippen molar-refractivity contribution >= 4 is 21.4 Å². The smallest absolute Gasteiger partial charge is 0.222 e. The lowest BCUT2D eigenvalue weighted by molar-refractivity contribution is -0.121. The maximum atomic E-state index is 11.7. The highest BCUT2D eigenvalue weighted by Gasteiger charge is 2.28. The van der Waals surface area contributed by atoms with Crippen LogP contribution in [0.2, 0.25) is 0 Å². The van der Waals surface area contributed by atoms with Crippen molar-refractivity contribution in [2.24, 2.45) is 0 Å². The van der Waals surface area contributed by atoms with E-state index in [9.17, 15) is 13.2 Å². The molecule has 5 nitrogen and oxygen atoms in total. The van der Waals surface area contributed by atoms with Gasteiger partial charge in [0.05, 0.1) is 11.5 Å². The summed E-state index contributed by atoms with van der Waals surface area (Å²) >= 11 is 0. The predicted molar refractivity (Wildman–Crippen MR) is 74.8 cm³/mol. The molecule has 1 amide bonds. The molecule has 0 aromatic heterocycles. The molecule has 0 unspecified atom stereocenters. The summed E-state index contributed by atoms with van der Waals surface area (Å²) < 4.78 is 22.5. The van der Waals surface area contributed by atoms with Gasteiger partial charge >= 0.3 is 0 Å². The fourth-order valence-electron chi connectivity index (χ4n) is 2.09. The molecule has 0 saturated carbocycles. The molecule has 2 rings (SSSR count). The number of nitrogens with one attached hydrogen (secondary N) is 2. The van der Waals surface area contributed by atoms with Crippen LogP contribution in [0.3, 0.4) is 0 Å². The van der Waals surface area contributed by atoms with Gasteiger partial charge in [-0.2, -0.15) is 0 Å². The first-order chi connectivity index (χ1) is 9.05. The molecule has 1 atom stereocenters. The van der Waals surface area contributed by atoms with E-state index in [-0.39, 0.29) is 23.5 Å². The largest absolute Gasteiger partial charge is 0.385 e. The van der Waals surface area contributed by atoms with Gasteiger partial charge in [-0.1, -0.05) is 18.2 Å². The Bertz CT molecular complexity index is 528. The fraction of sp³-hybridized carbons (Fsp3) is 0.462. The quantitative estimate of drug-likeness (QED) is 0.837. The summed E-state index contributed by atoms with van der Waals surface area (Å²) in [5, 5.41) is 5.90. The van der Waals surface area contributed by atoms with E-state index in [4.69, 9.17) is 0 Å². The SMILES string of the molecule is O=C(CCNc1ccccc1)N[C@H]1CCS(=O)(=O)C1. The van der Waals surface area contributed by atoms with Gasteiger partial charge in [0.15, 0.2) is 9.84 Å². The summed E-state index contributed by atoms with van der Waals surface area (Å²) in [6.45, 7) is 0.537. The van der Waals surface area contributed by atoms with Crippen molar-refractivity contribution < 1.29 is 13.2 Å². The average molecular weight is 282 g/mol. The van der Waals surface area contributed by atoms with Crippen molar-refractivity contribution in [1.29, 1.82) is 0 Å². The highest BCUT2D eigenvalue weighted by atomic mass is 32.2. The number of carbonyl (C=O) groups excluding carboxylic acids is 1. The zero-order valence-corrected chi connectivity index (χ0v) is 11.4. The van der Waals surface area contributed by atoms with Gasteiger partial charge in [0.25, 0.3) is 0 Å². The first-order valence-corrected chi connectivity index (χ1v) is 8.16. The van der Waals surface area contributed by atoms with Gasteiger partial charge in [-0.3, -0.25) is 4.79 Å². The van der Waals surface area contributed by atoms with E-state index in [1.54, 1.807) is 0 Å². The average Bonchev–Trinajstić information content (AvgIpc) is 2.70. The van der Waals surface area contributed by atoms with E-state index in [1.807, 2.05) is 30.3 Å². The molecule has 19 heavy (non-hydrogen) atoms. The minimum Gasteiger partial charge on any atom is -0.385 e. The number of carbonyl (C=O) groups is 1. The van der Waals surface area contributed by atoms with Crippen LogP contribution < -0.4 is 10.6 Å². The summed E-state index contributed by atoms with van der Waals surface area (Å²) in [6.07, 6.45) is 0.867. The Balaban J connectivity index is 1.68. The maximum Gasteiger partial charge on any atom is 0.222 e. The van der Waals surface area contributed by atoms with Gasteiger partial charge < -0.3 is 10.6 Å². The second-order valence-corrected chi connectivity index (χ2v) is 6.94. The van der Waals surface area contributed by atoms with Crippen LogP contribution in [0.25, 0.3) is 0 Å². The molecule has 1 aromatic carbocycles. The van der Waals surface area contributed by atoms with Gasteiger partial charge in [-0.05, 0) is 18.6 Å². The summed E-state index contributed by atoms with van der Waals surface area (Å²) in [7, 11) is -2.93. The molecule has 2 N–H and O–H groups in total. The lowest BCUT2D eigenvalue weighted by Crippen LogP contribution is -2.36. The first-order valence-electron chi connectivity index (χ1n) is 6.34. The standard InChI is InChI=1S/C13H18N2O3S/c16-13(15-12-7-9-19(17,18)10-12)6-8-14-11-4-2-1-3-5-11/h1-5,12,14H,6-10H2,(H,15,16)/t12-/m0/s1.